The van der Waals surface area contributed by atoms with Crippen molar-refractivity contribution >= 4 is 11.9 Å². The third kappa shape index (κ3) is 4.96. The molecule has 164 valence electrons. The van der Waals surface area contributed by atoms with Crippen LogP contribution >= 0.6 is 0 Å². The Morgan fingerprint density at radius 3 is 2.19 bits per heavy atom. The molecule has 0 saturated heterocycles. The molecule has 2 aromatic carbocycles. The Hall–Kier alpha value is -3.56. The van der Waals surface area contributed by atoms with E-state index in [0.717, 1.165) is 16.7 Å². The first-order valence-electron chi connectivity index (χ1n) is 9.18. The number of hydrogen-bond donors (Lipinski definition) is 1. The molecule has 0 atom stereocenters. The van der Waals surface area contributed by atoms with Crippen molar-refractivity contribution in [2.45, 2.75) is 26.4 Å². The second-order valence-corrected chi connectivity index (χ2v) is 6.81. The van der Waals surface area contributed by atoms with Gasteiger partial charge in [0.2, 0.25) is 5.95 Å². The number of anilines is 1. The fourth-order valence-electron chi connectivity index (χ4n) is 2.79. The molecule has 3 aromatic rings. The molecule has 0 spiro atoms. The number of carbonyl (C=O) groups excluding carboxylic acids is 1. The number of rotatable bonds is 7. The van der Waals surface area contributed by atoms with Crippen LogP contribution in [0.2, 0.25) is 0 Å². The van der Waals surface area contributed by atoms with Crippen LogP contribution < -0.4 is 14.8 Å². The summed E-state index contributed by atoms with van der Waals surface area (Å²) in [6, 6.07) is 6.99. The molecule has 0 aliphatic rings. The molecule has 0 unspecified atom stereocenters. The highest BCUT2D eigenvalue weighted by Gasteiger charge is 2.21. The normalized spacial score (nSPS) is 11.1. The molecule has 1 heterocycles. The van der Waals surface area contributed by atoms with Crippen LogP contribution in [0.5, 0.6) is 11.5 Å². The van der Waals surface area contributed by atoms with Gasteiger partial charge in [0, 0.05) is 23.9 Å². The Labute approximate surface area is 175 Å². The summed E-state index contributed by atoms with van der Waals surface area (Å²) < 4.78 is 64.0. The van der Waals surface area contributed by atoms with Gasteiger partial charge in [-0.3, -0.25) is 14.7 Å². The van der Waals surface area contributed by atoms with Crippen LogP contribution in [-0.4, -0.2) is 29.2 Å². The summed E-state index contributed by atoms with van der Waals surface area (Å²) in [4.78, 5) is 16.9. The minimum Gasteiger partial charge on any atom is -0.497 e. The van der Waals surface area contributed by atoms with Crippen molar-refractivity contribution in [3.05, 3.63) is 65.5 Å². The number of aromatic nitrogens is 2. The molecule has 0 saturated carbocycles. The van der Waals surface area contributed by atoms with Crippen LogP contribution in [0.25, 0.3) is 5.69 Å². The Morgan fingerprint density at radius 1 is 1.06 bits per heavy atom. The van der Waals surface area contributed by atoms with Crippen LogP contribution in [0.15, 0.2) is 42.6 Å². The molecular formula is C21H19F4N3O3. The molecule has 0 radical (unpaired) electrons. The van der Waals surface area contributed by atoms with Crippen molar-refractivity contribution in [1.82, 2.24) is 9.55 Å². The standard InChI is InChI=1S/C21H19F4N3O3/c1-11(2)17-10-28(18-15(22)8-14(30-3)9-16(18)23)21(26-17)27-19(29)12-4-6-13(7-5-12)31-20(24)25/h4-11,20H,1-3H3,(H,26,27,29). The summed E-state index contributed by atoms with van der Waals surface area (Å²) in [6.45, 7) is 0.678. The van der Waals surface area contributed by atoms with Gasteiger partial charge in [0.05, 0.1) is 12.8 Å². The Balaban J connectivity index is 1.96. The minimum atomic E-state index is -2.99. The van der Waals surface area contributed by atoms with Crippen LogP contribution in [0.1, 0.15) is 35.8 Å². The lowest BCUT2D eigenvalue weighted by Gasteiger charge is -2.12. The topological polar surface area (TPSA) is 65.4 Å². The van der Waals surface area contributed by atoms with E-state index in [-0.39, 0.29) is 28.9 Å². The maximum atomic E-state index is 14.6. The monoisotopic (exact) mass is 437 g/mol. The molecule has 10 heteroatoms. The number of nitrogens with zero attached hydrogens (tertiary/aromatic N) is 2. The summed E-state index contributed by atoms with van der Waals surface area (Å²) in [6.07, 6.45) is 1.42. The van der Waals surface area contributed by atoms with Gasteiger partial charge in [0.15, 0.2) is 11.6 Å². The second kappa shape index (κ2) is 9.07. The first kappa shape index (κ1) is 22.1. The van der Waals surface area contributed by atoms with Gasteiger partial charge in [0.25, 0.3) is 5.91 Å². The van der Waals surface area contributed by atoms with Crippen molar-refractivity contribution in [3.63, 3.8) is 0 Å². The van der Waals surface area contributed by atoms with Crippen LogP contribution in [-0.2, 0) is 0 Å². The van der Waals surface area contributed by atoms with Gasteiger partial charge in [-0.25, -0.2) is 13.8 Å². The van der Waals surface area contributed by atoms with Gasteiger partial charge in [-0.2, -0.15) is 8.78 Å². The summed E-state index contributed by atoms with van der Waals surface area (Å²) in [5.41, 5.74) is 0.166. The van der Waals surface area contributed by atoms with Gasteiger partial charge in [-0.1, -0.05) is 13.8 Å². The molecule has 3 rings (SSSR count). The highest BCUT2D eigenvalue weighted by atomic mass is 19.3. The zero-order valence-electron chi connectivity index (χ0n) is 16.8. The maximum Gasteiger partial charge on any atom is 0.387 e. The molecule has 0 bridgehead atoms. The molecule has 31 heavy (non-hydrogen) atoms. The average Bonchev–Trinajstić information content (AvgIpc) is 3.11. The average molecular weight is 437 g/mol. The SMILES string of the molecule is COc1cc(F)c(-n2cc(C(C)C)nc2NC(=O)c2ccc(OC(F)F)cc2)c(F)c1. The van der Waals surface area contributed by atoms with Crippen LogP contribution in [0.4, 0.5) is 23.5 Å². The molecule has 0 aliphatic carbocycles. The van der Waals surface area contributed by atoms with Crippen molar-refractivity contribution in [2.75, 3.05) is 12.4 Å². The zero-order valence-corrected chi connectivity index (χ0v) is 16.8. The first-order valence-corrected chi connectivity index (χ1v) is 9.18. The molecule has 0 aliphatic heterocycles. The molecule has 1 amide bonds. The van der Waals surface area contributed by atoms with E-state index in [9.17, 15) is 22.4 Å². The Bertz CT molecular complexity index is 1060. The number of carbonyl (C=O) groups is 1. The van der Waals surface area contributed by atoms with E-state index >= 15 is 0 Å². The van der Waals surface area contributed by atoms with Crippen LogP contribution in [0.3, 0.4) is 0 Å². The fraction of sp³-hybridized carbons (Fsp3) is 0.238. The van der Waals surface area contributed by atoms with E-state index in [2.05, 4.69) is 15.0 Å². The van der Waals surface area contributed by atoms with Gasteiger partial charge >= 0.3 is 6.61 Å². The quantitative estimate of drug-likeness (QED) is 0.520. The number of ether oxygens (including phenoxy) is 2. The number of nitrogens with one attached hydrogen (secondary N) is 1. The molecule has 6 nitrogen and oxygen atoms in total. The summed E-state index contributed by atoms with van der Waals surface area (Å²) in [5, 5.41) is 2.50. The van der Waals surface area contributed by atoms with E-state index in [4.69, 9.17) is 4.74 Å². The van der Waals surface area contributed by atoms with Gasteiger partial charge in [0.1, 0.15) is 17.2 Å². The lowest BCUT2D eigenvalue weighted by atomic mass is 10.1. The minimum absolute atomic E-state index is 0.000333. The van der Waals surface area contributed by atoms with Crippen molar-refractivity contribution < 1.29 is 31.8 Å². The summed E-state index contributed by atoms with van der Waals surface area (Å²) in [7, 11) is 1.28. The third-order valence-corrected chi connectivity index (χ3v) is 4.35. The summed E-state index contributed by atoms with van der Waals surface area (Å²) >= 11 is 0. The number of methoxy groups -OCH3 is 1. The maximum absolute atomic E-state index is 14.6. The second-order valence-electron chi connectivity index (χ2n) is 6.81. The van der Waals surface area contributed by atoms with E-state index < -0.39 is 29.8 Å². The summed E-state index contributed by atoms with van der Waals surface area (Å²) in [5.74, 6) is -2.78. The van der Waals surface area contributed by atoms with Gasteiger partial charge in [-0.15, -0.1) is 0 Å². The Kier molecular flexibility index (Phi) is 6.47. The number of amides is 1. The predicted molar refractivity (Wildman–Crippen MR) is 105 cm³/mol. The van der Waals surface area contributed by atoms with E-state index in [0.29, 0.717) is 5.69 Å². The lowest BCUT2D eigenvalue weighted by molar-refractivity contribution is -0.0498. The van der Waals surface area contributed by atoms with Crippen molar-refractivity contribution in [2.24, 2.45) is 0 Å². The zero-order chi connectivity index (χ0) is 22.7. The third-order valence-electron chi connectivity index (χ3n) is 4.35. The van der Waals surface area contributed by atoms with Crippen molar-refractivity contribution in [1.29, 1.82) is 0 Å². The smallest absolute Gasteiger partial charge is 0.387 e. The number of imidazole rings is 1. The largest absolute Gasteiger partial charge is 0.497 e. The van der Waals surface area contributed by atoms with E-state index in [1.807, 2.05) is 13.8 Å². The highest BCUT2D eigenvalue weighted by Crippen LogP contribution is 2.29. The number of alkyl halides is 2. The van der Waals surface area contributed by atoms with E-state index in [1.54, 1.807) is 0 Å². The molecular weight excluding hydrogens is 418 g/mol. The molecule has 0 fully saturated rings. The highest BCUT2D eigenvalue weighted by molar-refractivity contribution is 6.03. The van der Waals surface area contributed by atoms with Gasteiger partial charge < -0.3 is 9.47 Å². The van der Waals surface area contributed by atoms with E-state index in [1.165, 1.54) is 37.6 Å². The lowest BCUT2D eigenvalue weighted by Crippen LogP contribution is -2.16. The molecule has 1 N–H and O–H groups in total. The number of hydrogen-bond acceptors (Lipinski definition) is 4. The number of halogens is 4. The molecule has 1 aromatic heterocycles. The van der Waals surface area contributed by atoms with Gasteiger partial charge in [-0.05, 0) is 30.2 Å². The Morgan fingerprint density at radius 2 is 1.68 bits per heavy atom. The van der Waals surface area contributed by atoms with Crippen molar-refractivity contribution in [3.8, 4) is 17.2 Å². The fourth-order valence-corrected chi connectivity index (χ4v) is 2.79. The first-order chi connectivity index (χ1) is 14.7. The number of benzene rings is 2. The predicted octanol–water partition coefficient (Wildman–Crippen LogP) is 5.14. The van der Waals surface area contributed by atoms with Crippen LogP contribution in [0, 0.1) is 11.6 Å².